The summed E-state index contributed by atoms with van der Waals surface area (Å²) < 4.78 is 26.3. The van der Waals surface area contributed by atoms with E-state index in [0.717, 1.165) is 29.0 Å². The molecule has 5 rings (SSSR count). The molecule has 1 aromatic carbocycles. The molecule has 0 radical (unpaired) electrons. The summed E-state index contributed by atoms with van der Waals surface area (Å²) in [6.07, 6.45) is 5.74. The number of likely N-dealkylation sites (tertiary alicyclic amines) is 1. The largest absolute Gasteiger partial charge is 0.494 e. The number of halogens is 1. The van der Waals surface area contributed by atoms with Gasteiger partial charge in [0.2, 0.25) is 0 Å². The molecular formula is C22H19FN4O3. The van der Waals surface area contributed by atoms with Crippen LogP contribution in [-0.2, 0) is 0 Å². The van der Waals surface area contributed by atoms with Crippen molar-refractivity contribution in [2.75, 3.05) is 20.2 Å². The summed E-state index contributed by atoms with van der Waals surface area (Å²) in [4.78, 5) is 23.9. The number of rotatable bonds is 4. The van der Waals surface area contributed by atoms with Gasteiger partial charge in [0.05, 0.1) is 25.0 Å². The fourth-order valence-electron chi connectivity index (χ4n) is 3.99. The van der Waals surface area contributed by atoms with Gasteiger partial charge in [-0.1, -0.05) is 0 Å². The lowest BCUT2D eigenvalue weighted by atomic mass is 10.2. The molecule has 0 N–H and O–H groups in total. The van der Waals surface area contributed by atoms with Crippen LogP contribution in [0.5, 0.6) is 5.75 Å². The maximum atomic E-state index is 14.1. The average molecular weight is 406 g/mol. The van der Waals surface area contributed by atoms with E-state index in [1.807, 2.05) is 18.2 Å². The van der Waals surface area contributed by atoms with Gasteiger partial charge < -0.3 is 18.6 Å². The van der Waals surface area contributed by atoms with E-state index in [-0.39, 0.29) is 17.7 Å². The number of hydrogen-bond donors (Lipinski definition) is 0. The predicted octanol–water partition coefficient (Wildman–Crippen LogP) is 3.93. The first kappa shape index (κ1) is 18.4. The molecule has 152 valence electrons. The Labute approximate surface area is 171 Å². The van der Waals surface area contributed by atoms with E-state index in [4.69, 9.17) is 14.1 Å². The second kappa shape index (κ2) is 7.29. The quantitative estimate of drug-likeness (QED) is 0.514. The fourth-order valence-corrected chi connectivity index (χ4v) is 3.99. The predicted molar refractivity (Wildman–Crippen MR) is 108 cm³/mol. The van der Waals surface area contributed by atoms with Crippen molar-refractivity contribution in [1.82, 2.24) is 19.4 Å². The number of methoxy groups -OCH3 is 1. The third-order valence-electron chi connectivity index (χ3n) is 5.44. The van der Waals surface area contributed by atoms with Crippen LogP contribution in [0.15, 0.2) is 59.5 Å². The van der Waals surface area contributed by atoms with Crippen LogP contribution in [0.3, 0.4) is 0 Å². The lowest BCUT2D eigenvalue weighted by Crippen LogP contribution is -2.29. The molecule has 0 spiro atoms. The van der Waals surface area contributed by atoms with Gasteiger partial charge in [-0.15, -0.1) is 0 Å². The fraction of sp³-hybridized carbons (Fsp3) is 0.227. The van der Waals surface area contributed by atoms with Crippen molar-refractivity contribution >= 4 is 17.1 Å². The second-order valence-electron chi connectivity index (χ2n) is 7.21. The van der Waals surface area contributed by atoms with Crippen molar-refractivity contribution in [2.24, 2.45) is 0 Å². The summed E-state index contributed by atoms with van der Waals surface area (Å²) in [6.45, 7) is 1.05. The zero-order valence-electron chi connectivity index (χ0n) is 16.3. The van der Waals surface area contributed by atoms with E-state index in [1.54, 1.807) is 29.7 Å². The van der Waals surface area contributed by atoms with Crippen LogP contribution < -0.4 is 4.74 Å². The van der Waals surface area contributed by atoms with E-state index >= 15 is 0 Å². The van der Waals surface area contributed by atoms with Gasteiger partial charge in [0.1, 0.15) is 17.6 Å². The van der Waals surface area contributed by atoms with Gasteiger partial charge >= 0.3 is 0 Å². The van der Waals surface area contributed by atoms with E-state index in [0.29, 0.717) is 18.7 Å². The van der Waals surface area contributed by atoms with Crippen molar-refractivity contribution in [3.8, 4) is 17.1 Å². The SMILES string of the molecule is COc1ccc(C(=O)N2CCC(n3c(-c4ccoc4)nc4cccnc43)C2)cc1F. The maximum absolute atomic E-state index is 14.1. The number of ether oxygens (including phenoxy) is 1. The Balaban J connectivity index is 1.46. The number of pyridine rings is 1. The second-order valence-corrected chi connectivity index (χ2v) is 7.21. The van der Waals surface area contributed by atoms with Crippen LogP contribution in [0.4, 0.5) is 4.39 Å². The smallest absolute Gasteiger partial charge is 0.254 e. The number of imidazole rings is 1. The number of hydrogen-bond acceptors (Lipinski definition) is 5. The van der Waals surface area contributed by atoms with Gasteiger partial charge in [0.15, 0.2) is 17.2 Å². The number of aromatic nitrogens is 3. The zero-order chi connectivity index (χ0) is 20.7. The summed E-state index contributed by atoms with van der Waals surface area (Å²) in [6, 6.07) is 9.90. The molecule has 0 aliphatic carbocycles. The molecular weight excluding hydrogens is 387 g/mol. The average Bonchev–Trinajstić information content (AvgIpc) is 3.51. The van der Waals surface area contributed by atoms with Gasteiger partial charge in [0, 0.05) is 24.8 Å². The number of furan rings is 1. The molecule has 7 nitrogen and oxygen atoms in total. The molecule has 0 saturated carbocycles. The van der Waals surface area contributed by atoms with Crippen molar-refractivity contribution < 1.29 is 18.3 Å². The maximum Gasteiger partial charge on any atom is 0.254 e. The molecule has 3 aromatic heterocycles. The minimum Gasteiger partial charge on any atom is -0.494 e. The molecule has 0 bridgehead atoms. The first-order valence-corrected chi connectivity index (χ1v) is 9.64. The Morgan fingerprint density at radius 1 is 1.30 bits per heavy atom. The van der Waals surface area contributed by atoms with E-state index in [9.17, 15) is 9.18 Å². The highest BCUT2D eigenvalue weighted by atomic mass is 19.1. The highest BCUT2D eigenvalue weighted by Gasteiger charge is 2.31. The monoisotopic (exact) mass is 406 g/mol. The molecule has 4 aromatic rings. The highest BCUT2D eigenvalue weighted by Crippen LogP contribution is 2.33. The van der Waals surface area contributed by atoms with Crippen LogP contribution in [0.1, 0.15) is 22.8 Å². The first-order chi connectivity index (χ1) is 14.7. The number of nitrogens with zero attached hydrogens (tertiary/aromatic N) is 4. The third-order valence-corrected chi connectivity index (χ3v) is 5.44. The van der Waals surface area contributed by atoms with E-state index in [2.05, 4.69) is 9.55 Å². The molecule has 1 atom stereocenters. The number of fused-ring (bicyclic) bond motifs is 1. The molecule has 1 unspecified atom stereocenters. The zero-order valence-corrected chi connectivity index (χ0v) is 16.3. The van der Waals surface area contributed by atoms with Gasteiger partial charge in [-0.25, -0.2) is 14.4 Å². The summed E-state index contributed by atoms with van der Waals surface area (Å²) in [5.74, 6) is 0.117. The minimum atomic E-state index is -0.550. The Morgan fingerprint density at radius 3 is 2.97 bits per heavy atom. The number of amides is 1. The van der Waals surface area contributed by atoms with Crippen molar-refractivity contribution in [2.45, 2.75) is 12.5 Å². The summed E-state index contributed by atoms with van der Waals surface area (Å²) in [5.41, 5.74) is 2.71. The molecule has 1 fully saturated rings. The number of benzene rings is 1. The Kier molecular flexibility index (Phi) is 4.46. The van der Waals surface area contributed by atoms with Crippen molar-refractivity contribution in [3.63, 3.8) is 0 Å². The van der Waals surface area contributed by atoms with Gasteiger partial charge in [-0.2, -0.15) is 0 Å². The Bertz CT molecular complexity index is 1220. The third kappa shape index (κ3) is 3.01. The number of carbonyl (C=O) groups is 1. The van der Waals surface area contributed by atoms with Gasteiger partial charge in [-0.05, 0) is 42.8 Å². The van der Waals surface area contributed by atoms with E-state index in [1.165, 1.54) is 19.2 Å². The molecule has 4 heterocycles. The minimum absolute atomic E-state index is 0.00171. The lowest BCUT2D eigenvalue weighted by molar-refractivity contribution is 0.0787. The normalized spacial score (nSPS) is 16.3. The molecule has 30 heavy (non-hydrogen) atoms. The molecule has 8 heteroatoms. The first-order valence-electron chi connectivity index (χ1n) is 9.64. The Hall–Kier alpha value is -3.68. The van der Waals surface area contributed by atoms with Crippen molar-refractivity contribution in [1.29, 1.82) is 0 Å². The van der Waals surface area contributed by atoms with Crippen molar-refractivity contribution in [3.05, 3.63) is 66.5 Å². The summed E-state index contributed by atoms with van der Waals surface area (Å²) in [7, 11) is 1.39. The molecule has 1 aliphatic heterocycles. The topological polar surface area (TPSA) is 73.4 Å². The van der Waals surface area contributed by atoms with Gasteiger partial charge in [-0.3, -0.25) is 4.79 Å². The van der Waals surface area contributed by atoms with Crippen LogP contribution in [0.25, 0.3) is 22.6 Å². The number of carbonyl (C=O) groups excluding carboxylic acids is 1. The standard InChI is InChI=1S/C22H19FN4O3/c1-29-19-5-4-14(11-17(19)23)22(28)26-9-6-16(12-26)27-20(15-7-10-30-13-15)25-18-3-2-8-24-21(18)27/h2-5,7-8,10-11,13,16H,6,9,12H2,1H3. The lowest BCUT2D eigenvalue weighted by Gasteiger charge is -2.19. The highest BCUT2D eigenvalue weighted by molar-refractivity contribution is 5.94. The van der Waals surface area contributed by atoms with Crippen LogP contribution >= 0.6 is 0 Å². The molecule has 1 aliphatic rings. The molecule has 1 saturated heterocycles. The van der Waals surface area contributed by atoms with Crippen LogP contribution in [0, 0.1) is 5.82 Å². The summed E-state index contributed by atoms with van der Waals surface area (Å²) in [5, 5.41) is 0. The summed E-state index contributed by atoms with van der Waals surface area (Å²) >= 11 is 0. The Morgan fingerprint density at radius 2 is 2.20 bits per heavy atom. The van der Waals surface area contributed by atoms with E-state index < -0.39 is 5.82 Å². The molecule has 1 amide bonds. The van der Waals surface area contributed by atoms with Gasteiger partial charge in [0.25, 0.3) is 5.91 Å². The van der Waals surface area contributed by atoms with Crippen LogP contribution in [0.2, 0.25) is 0 Å². The van der Waals surface area contributed by atoms with Crippen LogP contribution in [-0.4, -0.2) is 45.5 Å².